The largest absolute Gasteiger partial charge is 0.416 e. The molecule has 0 radical (unpaired) electrons. The van der Waals surface area contributed by atoms with Crippen LogP contribution in [0.15, 0.2) is 24.3 Å². The summed E-state index contributed by atoms with van der Waals surface area (Å²) in [6.07, 6.45) is -3.82. The first-order valence-electron chi connectivity index (χ1n) is 6.54. The Balaban J connectivity index is 2.80. The highest BCUT2D eigenvalue weighted by Gasteiger charge is 2.34. The van der Waals surface area contributed by atoms with E-state index in [0.29, 0.717) is 13.0 Å². The van der Waals surface area contributed by atoms with E-state index in [1.165, 1.54) is 12.1 Å². The minimum Gasteiger partial charge on any atom is -0.324 e. The van der Waals surface area contributed by atoms with Gasteiger partial charge in [0.2, 0.25) is 0 Å². The van der Waals surface area contributed by atoms with E-state index >= 15 is 0 Å². The van der Waals surface area contributed by atoms with Crippen molar-refractivity contribution in [3.8, 4) is 0 Å². The Morgan fingerprint density at radius 2 is 1.74 bits per heavy atom. The predicted octanol–water partition coefficient (Wildman–Crippen LogP) is 3.44. The van der Waals surface area contributed by atoms with E-state index in [2.05, 4.69) is 4.90 Å². The molecule has 0 aliphatic heterocycles. The van der Waals surface area contributed by atoms with Crippen molar-refractivity contribution in [1.29, 1.82) is 0 Å². The van der Waals surface area contributed by atoms with Gasteiger partial charge in [-0.05, 0) is 37.7 Å². The zero-order chi connectivity index (χ0) is 14.5. The fourth-order valence-electron chi connectivity index (χ4n) is 2.10. The molecule has 5 heteroatoms. The van der Waals surface area contributed by atoms with Gasteiger partial charge in [-0.25, -0.2) is 0 Å². The van der Waals surface area contributed by atoms with E-state index in [4.69, 9.17) is 5.73 Å². The summed E-state index contributed by atoms with van der Waals surface area (Å²) in [7, 11) is 0. The summed E-state index contributed by atoms with van der Waals surface area (Å²) in [5.74, 6) is 0. The van der Waals surface area contributed by atoms with Crippen LogP contribution in [0.5, 0.6) is 0 Å². The average molecular weight is 274 g/mol. The number of nitrogens with two attached hydrogens (primary N) is 1. The van der Waals surface area contributed by atoms with E-state index in [9.17, 15) is 13.2 Å². The van der Waals surface area contributed by atoms with E-state index < -0.39 is 17.8 Å². The van der Waals surface area contributed by atoms with E-state index in [0.717, 1.165) is 19.2 Å². The number of benzene rings is 1. The first-order valence-corrected chi connectivity index (χ1v) is 6.54. The summed E-state index contributed by atoms with van der Waals surface area (Å²) >= 11 is 0. The van der Waals surface area contributed by atoms with Crippen molar-refractivity contribution in [1.82, 2.24) is 4.90 Å². The van der Waals surface area contributed by atoms with E-state index in [1.807, 2.05) is 13.8 Å². The van der Waals surface area contributed by atoms with Crippen LogP contribution in [-0.4, -0.2) is 24.5 Å². The molecule has 1 atom stereocenters. The van der Waals surface area contributed by atoms with Crippen molar-refractivity contribution in [2.24, 2.45) is 5.73 Å². The van der Waals surface area contributed by atoms with Gasteiger partial charge in [0.15, 0.2) is 0 Å². The van der Waals surface area contributed by atoms with Crippen LogP contribution in [0.25, 0.3) is 0 Å². The molecule has 1 aromatic rings. The van der Waals surface area contributed by atoms with Crippen molar-refractivity contribution >= 4 is 0 Å². The third-order valence-electron chi connectivity index (χ3n) is 3.32. The van der Waals surface area contributed by atoms with Gasteiger partial charge in [0.05, 0.1) is 5.56 Å². The molecule has 0 aliphatic rings. The lowest BCUT2D eigenvalue weighted by atomic mass is 9.98. The van der Waals surface area contributed by atoms with Gasteiger partial charge in [0.1, 0.15) is 0 Å². The maximum absolute atomic E-state index is 12.9. The third kappa shape index (κ3) is 4.51. The molecule has 1 rings (SSSR count). The molecule has 1 aromatic carbocycles. The topological polar surface area (TPSA) is 29.3 Å². The van der Waals surface area contributed by atoms with Crippen LogP contribution < -0.4 is 5.73 Å². The molecule has 0 heterocycles. The molecule has 0 spiro atoms. The van der Waals surface area contributed by atoms with Gasteiger partial charge in [-0.15, -0.1) is 0 Å². The summed E-state index contributed by atoms with van der Waals surface area (Å²) in [6.45, 7) is 6.52. The molecular weight excluding hydrogens is 253 g/mol. The molecule has 2 N–H and O–H groups in total. The van der Waals surface area contributed by atoms with Crippen molar-refractivity contribution < 1.29 is 13.2 Å². The lowest BCUT2D eigenvalue weighted by Gasteiger charge is -2.22. The van der Waals surface area contributed by atoms with Crippen molar-refractivity contribution in [2.45, 2.75) is 32.5 Å². The fraction of sp³-hybridized carbons (Fsp3) is 0.571. The molecule has 0 saturated carbocycles. The summed E-state index contributed by atoms with van der Waals surface area (Å²) in [5, 5.41) is 0. The zero-order valence-corrected chi connectivity index (χ0v) is 11.4. The first kappa shape index (κ1) is 16.0. The number of nitrogens with zero attached hydrogens (tertiary/aromatic N) is 1. The van der Waals surface area contributed by atoms with Crippen molar-refractivity contribution in [2.75, 3.05) is 19.6 Å². The molecule has 0 amide bonds. The molecule has 0 aliphatic carbocycles. The van der Waals surface area contributed by atoms with Crippen LogP contribution in [-0.2, 0) is 6.18 Å². The van der Waals surface area contributed by atoms with Crippen LogP contribution in [0.3, 0.4) is 0 Å². The monoisotopic (exact) mass is 274 g/mol. The lowest BCUT2D eigenvalue weighted by Crippen LogP contribution is -2.27. The molecule has 0 saturated heterocycles. The summed E-state index contributed by atoms with van der Waals surface area (Å²) in [4.78, 5) is 2.15. The quantitative estimate of drug-likeness (QED) is 0.861. The Morgan fingerprint density at radius 1 is 1.16 bits per heavy atom. The molecule has 0 aromatic heterocycles. The van der Waals surface area contributed by atoms with Crippen LogP contribution in [0.2, 0.25) is 0 Å². The van der Waals surface area contributed by atoms with Crippen LogP contribution in [0.1, 0.15) is 37.4 Å². The van der Waals surface area contributed by atoms with Gasteiger partial charge >= 0.3 is 6.18 Å². The molecule has 0 bridgehead atoms. The van der Waals surface area contributed by atoms with Gasteiger partial charge in [0, 0.05) is 6.04 Å². The highest BCUT2D eigenvalue weighted by Crippen LogP contribution is 2.34. The zero-order valence-electron chi connectivity index (χ0n) is 11.4. The number of alkyl halides is 3. The number of halogens is 3. The summed E-state index contributed by atoms with van der Waals surface area (Å²) in [5.41, 5.74) is 5.48. The van der Waals surface area contributed by atoms with Crippen molar-refractivity contribution in [3.63, 3.8) is 0 Å². The number of hydrogen-bond donors (Lipinski definition) is 1. The third-order valence-corrected chi connectivity index (χ3v) is 3.32. The summed E-state index contributed by atoms with van der Waals surface area (Å²) < 4.78 is 38.6. The van der Waals surface area contributed by atoms with Gasteiger partial charge in [-0.2, -0.15) is 13.2 Å². The van der Waals surface area contributed by atoms with Crippen LogP contribution in [0.4, 0.5) is 13.2 Å². The van der Waals surface area contributed by atoms with Gasteiger partial charge in [-0.3, -0.25) is 0 Å². The molecular formula is C14H21F3N2. The Kier molecular flexibility index (Phi) is 5.82. The maximum Gasteiger partial charge on any atom is 0.416 e. The number of rotatable bonds is 6. The van der Waals surface area contributed by atoms with Gasteiger partial charge < -0.3 is 10.6 Å². The van der Waals surface area contributed by atoms with Gasteiger partial charge in [0.25, 0.3) is 0 Å². The second-order valence-electron chi connectivity index (χ2n) is 4.51. The normalized spacial score (nSPS) is 13.8. The highest BCUT2D eigenvalue weighted by molar-refractivity contribution is 5.32. The molecule has 2 nitrogen and oxygen atoms in total. The Labute approximate surface area is 112 Å². The van der Waals surface area contributed by atoms with E-state index in [1.54, 1.807) is 6.07 Å². The second-order valence-corrected chi connectivity index (χ2v) is 4.51. The number of hydrogen-bond acceptors (Lipinski definition) is 2. The van der Waals surface area contributed by atoms with E-state index in [-0.39, 0.29) is 5.56 Å². The van der Waals surface area contributed by atoms with Crippen LogP contribution in [0, 0.1) is 0 Å². The fourth-order valence-corrected chi connectivity index (χ4v) is 2.10. The lowest BCUT2D eigenvalue weighted by molar-refractivity contribution is -0.138. The average Bonchev–Trinajstić information content (AvgIpc) is 2.38. The Hall–Kier alpha value is -1.07. The minimum atomic E-state index is -4.34. The Bertz CT molecular complexity index is 387. The molecule has 0 fully saturated rings. The molecule has 19 heavy (non-hydrogen) atoms. The summed E-state index contributed by atoms with van der Waals surface area (Å²) in [6, 6.07) is 4.96. The minimum absolute atomic E-state index is 0.183. The van der Waals surface area contributed by atoms with Crippen molar-refractivity contribution in [3.05, 3.63) is 35.4 Å². The SMILES string of the molecule is CCN(CC)CCC(N)c1ccccc1C(F)(F)F. The first-order chi connectivity index (χ1) is 8.90. The second kappa shape index (κ2) is 6.91. The highest BCUT2D eigenvalue weighted by atomic mass is 19.4. The predicted molar refractivity (Wildman–Crippen MR) is 70.8 cm³/mol. The maximum atomic E-state index is 12.9. The van der Waals surface area contributed by atoms with Gasteiger partial charge in [-0.1, -0.05) is 32.0 Å². The smallest absolute Gasteiger partial charge is 0.324 e. The molecule has 108 valence electrons. The molecule has 1 unspecified atom stereocenters. The van der Waals surface area contributed by atoms with Crippen LogP contribution >= 0.6 is 0 Å². The Morgan fingerprint density at radius 3 is 2.26 bits per heavy atom. The standard InChI is InChI=1S/C14H21F3N2/c1-3-19(4-2)10-9-13(18)11-7-5-6-8-12(11)14(15,16)17/h5-8,13H,3-4,9-10,18H2,1-2H3.